The molecule has 1 rings (SSSR count). The van der Waals surface area contributed by atoms with Crippen molar-refractivity contribution in [3.8, 4) is 0 Å². The van der Waals surface area contributed by atoms with Crippen LogP contribution < -0.4 is 10.6 Å². The summed E-state index contributed by atoms with van der Waals surface area (Å²) in [5.41, 5.74) is -0.438. The second-order valence-electron chi connectivity index (χ2n) is 4.64. The molecule has 102 valence electrons. The number of nitrogens with one attached hydrogen (secondary N) is 2. The number of aliphatic carboxylic acids is 1. The molecule has 0 fully saturated rings. The first-order valence-corrected chi connectivity index (χ1v) is 5.66. The number of hydrogen-bond acceptors (Lipinski definition) is 3. The van der Waals surface area contributed by atoms with Gasteiger partial charge in [-0.1, -0.05) is 0 Å². The van der Waals surface area contributed by atoms with Crippen LogP contribution in [0.3, 0.4) is 0 Å². The highest BCUT2D eigenvalue weighted by Crippen LogP contribution is 2.20. The molecule has 0 aliphatic carbocycles. The average Bonchev–Trinajstić information content (AvgIpc) is 2.30. The van der Waals surface area contributed by atoms with Crippen LogP contribution >= 0.6 is 0 Å². The zero-order valence-corrected chi connectivity index (χ0v) is 11.0. The van der Waals surface area contributed by atoms with Gasteiger partial charge in [-0.15, -0.1) is 0 Å². The monoisotopic (exact) mass is 264 g/mol. The number of amides is 2. The van der Waals surface area contributed by atoms with E-state index in [2.05, 4.69) is 10.6 Å². The quantitative estimate of drug-likeness (QED) is 0.721. The van der Waals surface area contributed by atoms with Crippen molar-refractivity contribution in [1.29, 1.82) is 0 Å². The number of benzene rings is 1. The van der Waals surface area contributed by atoms with Crippen LogP contribution in [0, 0.1) is 5.41 Å². The molecule has 2 amide bonds. The normalized spacial score (nSPS) is 10.7. The molecule has 1 aromatic rings. The third-order valence-corrected chi connectivity index (χ3v) is 2.57. The van der Waals surface area contributed by atoms with Gasteiger partial charge in [0.25, 0.3) is 0 Å². The first-order chi connectivity index (χ1) is 8.73. The molecule has 3 N–H and O–H groups in total. The van der Waals surface area contributed by atoms with Gasteiger partial charge in [0, 0.05) is 18.3 Å². The number of anilines is 2. The topological polar surface area (TPSA) is 95.5 Å². The van der Waals surface area contributed by atoms with Crippen molar-refractivity contribution in [2.75, 3.05) is 10.6 Å². The molecular formula is C13H16N2O4. The second kappa shape index (κ2) is 5.51. The predicted molar refractivity (Wildman–Crippen MR) is 70.8 cm³/mol. The van der Waals surface area contributed by atoms with Gasteiger partial charge < -0.3 is 15.7 Å². The zero-order valence-electron chi connectivity index (χ0n) is 11.0. The summed E-state index contributed by atoms with van der Waals surface area (Å²) < 4.78 is 0. The van der Waals surface area contributed by atoms with E-state index in [9.17, 15) is 14.4 Å². The highest BCUT2D eigenvalue weighted by Gasteiger charge is 2.35. The molecule has 0 atom stereocenters. The van der Waals surface area contributed by atoms with Crippen molar-refractivity contribution in [1.82, 2.24) is 0 Å². The lowest BCUT2D eigenvalue weighted by Crippen LogP contribution is -2.37. The molecular weight excluding hydrogens is 248 g/mol. The van der Waals surface area contributed by atoms with Gasteiger partial charge in [0.2, 0.25) is 11.8 Å². The van der Waals surface area contributed by atoms with Crippen LogP contribution in [-0.2, 0) is 14.4 Å². The van der Waals surface area contributed by atoms with Gasteiger partial charge >= 0.3 is 5.97 Å². The van der Waals surface area contributed by atoms with Gasteiger partial charge in [-0.05, 0) is 38.1 Å². The molecule has 0 spiro atoms. The lowest BCUT2D eigenvalue weighted by Gasteiger charge is -2.18. The number of carboxylic acids is 1. The maximum absolute atomic E-state index is 11.8. The molecule has 6 nitrogen and oxygen atoms in total. The molecule has 6 heteroatoms. The van der Waals surface area contributed by atoms with Gasteiger partial charge in [0.15, 0.2) is 0 Å². The fourth-order valence-corrected chi connectivity index (χ4v) is 1.22. The SMILES string of the molecule is CC(=O)Nc1ccc(NC(=O)C(C)(C)C(=O)O)cc1. The van der Waals surface area contributed by atoms with Crippen LogP contribution in [0.5, 0.6) is 0 Å². The summed E-state index contributed by atoms with van der Waals surface area (Å²) in [6.07, 6.45) is 0. The number of hydrogen-bond donors (Lipinski definition) is 3. The highest BCUT2D eigenvalue weighted by atomic mass is 16.4. The zero-order chi connectivity index (χ0) is 14.6. The van der Waals surface area contributed by atoms with Gasteiger partial charge in [-0.2, -0.15) is 0 Å². The van der Waals surface area contributed by atoms with E-state index in [0.717, 1.165) is 0 Å². The Morgan fingerprint density at radius 2 is 1.42 bits per heavy atom. The Kier molecular flexibility index (Phi) is 4.26. The number of rotatable bonds is 4. The molecule has 0 unspecified atom stereocenters. The first kappa shape index (κ1) is 14.7. The molecule has 0 saturated heterocycles. The minimum atomic E-state index is -1.50. The summed E-state index contributed by atoms with van der Waals surface area (Å²) in [6, 6.07) is 6.40. The summed E-state index contributed by atoms with van der Waals surface area (Å²) in [7, 11) is 0. The van der Waals surface area contributed by atoms with Crippen molar-refractivity contribution in [2.45, 2.75) is 20.8 Å². The van der Waals surface area contributed by atoms with Gasteiger partial charge in [-0.25, -0.2) is 0 Å². The molecule has 0 aliphatic rings. The summed E-state index contributed by atoms with van der Waals surface area (Å²) >= 11 is 0. The Morgan fingerprint density at radius 3 is 1.79 bits per heavy atom. The van der Waals surface area contributed by atoms with Crippen molar-refractivity contribution in [3.63, 3.8) is 0 Å². The lowest BCUT2D eigenvalue weighted by atomic mass is 9.92. The van der Waals surface area contributed by atoms with Crippen molar-refractivity contribution in [2.24, 2.45) is 5.41 Å². The van der Waals surface area contributed by atoms with Crippen LogP contribution in [0.2, 0.25) is 0 Å². The van der Waals surface area contributed by atoms with Crippen molar-refractivity contribution in [3.05, 3.63) is 24.3 Å². The van der Waals surface area contributed by atoms with E-state index >= 15 is 0 Å². The van der Waals surface area contributed by atoms with Crippen LogP contribution in [0.15, 0.2) is 24.3 Å². The molecule has 19 heavy (non-hydrogen) atoms. The summed E-state index contributed by atoms with van der Waals surface area (Å²) in [5, 5.41) is 14.0. The van der Waals surface area contributed by atoms with Crippen LogP contribution in [-0.4, -0.2) is 22.9 Å². The van der Waals surface area contributed by atoms with E-state index in [0.29, 0.717) is 11.4 Å². The Morgan fingerprint density at radius 1 is 1.00 bits per heavy atom. The van der Waals surface area contributed by atoms with Gasteiger partial charge in [0.1, 0.15) is 5.41 Å². The number of carboxylic acid groups (broad SMARTS) is 1. The van der Waals surface area contributed by atoms with Crippen molar-refractivity contribution < 1.29 is 19.5 Å². The smallest absolute Gasteiger partial charge is 0.318 e. The number of carbonyl (C=O) groups is 3. The maximum atomic E-state index is 11.8. The largest absolute Gasteiger partial charge is 0.480 e. The molecule has 0 aliphatic heterocycles. The summed E-state index contributed by atoms with van der Waals surface area (Å²) in [6.45, 7) is 4.05. The molecule has 0 saturated carbocycles. The molecule has 0 heterocycles. The molecule has 0 bridgehead atoms. The second-order valence-corrected chi connectivity index (χ2v) is 4.64. The predicted octanol–water partition coefficient (Wildman–Crippen LogP) is 1.69. The van der Waals surface area contributed by atoms with Gasteiger partial charge in [-0.3, -0.25) is 14.4 Å². The summed E-state index contributed by atoms with van der Waals surface area (Å²) in [5.74, 6) is -1.99. The Labute approximate surface area is 110 Å². The third-order valence-electron chi connectivity index (χ3n) is 2.57. The number of carbonyl (C=O) groups excluding carboxylic acids is 2. The highest BCUT2D eigenvalue weighted by molar-refractivity contribution is 6.07. The van der Waals surface area contributed by atoms with E-state index < -0.39 is 17.3 Å². The Balaban J connectivity index is 2.76. The van der Waals surface area contributed by atoms with E-state index in [4.69, 9.17) is 5.11 Å². The minimum absolute atomic E-state index is 0.191. The summed E-state index contributed by atoms with van der Waals surface area (Å²) in [4.78, 5) is 33.5. The molecule has 0 aromatic heterocycles. The fraction of sp³-hybridized carbons (Fsp3) is 0.308. The van der Waals surface area contributed by atoms with Crippen LogP contribution in [0.25, 0.3) is 0 Å². The lowest BCUT2D eigenvalue weighted by molar-refractivity contribution is -0.151. The van der Waals surface area contributed by atoms with E-state index in [1.165, 1.54) is 20.8 Å². The standard InChI is InChI=1S/C13H16N2O4/c1-8(16)14-9-4-6-10(7-5-9)15-11(17)13(2,3)12(18)19/h4-7H,1-3H3,(H,14,16)(H,15,17)(H,18,19). The van der Waals surface area contributed by atoms with E-state index in [1.807, 2.05) is 0 Å². The first-order valence-electron chi connectivity index (χ1n) is 5.66. The average molecular weight is 264 g/mol. The van der Waals surface area contributed by atoms with Gasteiger partial charge in [0.05, 0.1) is 0 Å². The maximum Gasteiger partial charge on any atom is 0.318 e. The van der Waals surface area contributed by atoms with Crippen molar-refractivity contribution >= 4 is 29.2 Å². The molecule has 1 aromatic carbocycles. The van der Waals surface area contributed by atoms with Crippen LogP contribution in [0.1, 0.15) is 20.8 Å². The van der Waals surface area contributed by atoms with E-state index in [-0.39, 0.29) is 5.91 Å². The fourth-order valence-electron chi connectivity index (χ4n) is 1.22. The third kappa shape index (κ3) is 3.80. The molecule has 0 radical (unpaired) electrons. The Bertz CT molecular complexity index is 506. The van der Waals surface area contributed by atoms with E-state index in [1.54, 1.807) is 24.3 Å². The Hall–Kier alpha value is -2.37. The minimum Gasteiger partial charge on any atom is -0.480 e. The van der Waals surface area contributed by atoms with Crippen LogP contribution in [0.4, 0.5) is 11.4 Å².